The molecule has 5 heteroatoms. The molecule has 0 radical (unpaired) electrons. The van der Waals surface area contributed by atoms with E-state index in [4.69, 9.17) is 0 Å². The smallest absolute Gasteiger partial charge is 0.337 e. The molecule has 3 aromatic rings. The minimum absolute atomic E-state index is 0.240. The number of methoxy groups -OCH3 is 1. The summed E-state index contributed by atoms with van der Waals surface area (Å²) in [5, 5.41) is 2.78. The summed E-state index contributed by atoms with van der Waals surface area (Å²) in [5.74, 6) is -0.682. The molecule has 0 saturated carbocycles. The van der Waals surface area contributed by atoms with Gasteiger partial charge in [0.1, 0.15) is 0 Å². The van der Waals surface area contributed by atoms with Crippen LogP contribution in [0.3, 0.4) is 0 Å². The molecule has 0 aliphatic heterocycles. The maximum Gasteiger partial charge on any atom is 0.337 e. The second-order valence-electron chi connectivity index (χ2n) is 5.16. The standard InChI is InChI=1S/C19H16N2O3/c1-24-19(23)15-5-4-6-16(13-15)20-18(22)14-7-9-17(10-8-14)21-11-2-3-12-21/h2-13H,1H3,(H,20,22). The van der Waals surface area contributed by atoms with Crippen LogP contribution in [-0.4, -0.2) is 23.6 Å². The summed E-state index contributed by atoms with van der Waals surface area (Å²) in [4.78, 5) is 23.9. The molecule has 3 rings (SSSR count). The van der Waals surface area contributed by atoms with Gasteiger partial charge in [0.05, 0.1) is 12.7 Å². The fourth-order valence-corrected chi connectivity index (χ4v) is 2.34. The van der Waals surface area contributed by atoms with Crippen molar-refractivity contribution in [1.29, 1.82) is 0 Å². The van der Waals surface area contributed by atoms with Gasteiger partial charge in [0.2, 0.25) is 0 Å². The van der Waals surface area contributed by atoms with Crippen LogP contribution in [0.25, 0.3) is 5.69 Å². The molecule has 0 bridgehead atoms. The molecule has 1 heterocycles. The number of carbonyl (C=O) groups excluding carboxylic acids is 2. The number of aromatic nitrogens is 1. The largest absolute Gasteiger partial charge is 0.465 e. The molecule has 0 atom stereocenters. The van der Waals surface area contributed by atoms with Crippen molar-refractivity contribution in [3.63, 3.8) is 0 Å². The highest BCUT2D eigenvalue weighted by Crippen LogP contribution is 2.15. The van der Waals surface area contributed by atoms with Crippen molar-refractivity contribution in [2.24, 2.45) is 0 Å². The van der Waals surface area contributed by atoms with Crippen molar-refractivity contribution in [3.8, 4) is 5.69 Å². The van der Waals surface area contributed by atoms with E-state index in [1.54, 1.807) is 36.4 Å². The minimum Gasteiger partial charge on any atom is -0.465 e. The Morgan fingerprint density at radius 2 is 1.62 bits per heavy atom. The van der Waals surface area contributed by atoms with Crippen LogP contribution in [0.15, 0.2) is 73.1 Å². The third-order valence-corrected chi connectivity index (χ3v) is 3.57. The highest BCUT2D eigenvalue weighted by Gasteiger charge is 2.09. The summed E-state index contributed by atoms with van der Waals surface area (Å²) < 4.78 is 6.64. The molecule has 24 heavy (non-hydrogen) atoms. The van der Waals surface area contributed by atoms with Gasteiger partial charge >= 0.3 is 5.97 Å². The first-order valence-electron chi connectivity index (χ1n) is 7.40. The maximum atomic E-state index is 12.3. The number of hydrogen-bond donors (Lipinski definition) is 1. The number of nitrogens with one attached hydrogen (secondary N) is 1. The normalized spacial score (nSPS) is 10.2. The number of benzene rings is 2. The van der Waals surface area contributed by atoms with Gasteiger partial charge in [-0.15, -0.1) is 0 Å². The predicted molar refractivity (Wildman–Crippen MR) is 91.5 cm³/mol. The molecule has 0 fully saturated rings. The van der Waals surface area contributed by atoms with Gasteiger partial charge in [-0.25, -0.2) is 4.79 Å². The van der Waals surface area contributed by atoms with Gasteiger partial charge in [0, 0.05) is 29.3 Å². The van der Waals surface area contributed by atoms with E-state index in [9.17, 15) is 9.59 Å². The predicted octanol–water partition coefficient (Wildman–Crippen LogP) is 3.52. The van der Waals surface area contributed by atoms with E-state index < -0.39 is 5.97 Å². The second-order valence-corrected chi connectivity index (χ2v) is 5.16. The van der Waals surface area contributed by atoms with Crippen molar-refractivity contribution in [1.82, 2.24) is 4.57 Å². The second kappa shape index (κ2) is 6.83. The van der Waals surface area contributed by atoms with Crippen LogP contribution in [0.5, 0.6) is 0 Å². The van der Waals surface area contributed by atoms with Crippen molar-refractivity contribution < 1.29 is 14.3 Å². The summed E-state index contributed by atoms with van der Waals surface area (Å²) in [6.07, 6.45) is 3.88. The number of hydrogen-bond acceptors (Lipinski definition) is 3. The first-order chi connectivity index (χ1) is 11.7. The molecule has 0 spiro atoms. The first kappa shape index (κ1) is 15.6. The van der Waals surface area contributed by atoms with Gasteiger partial charge in [0.15, 0.2) is 0 Å². The molecule has 0 saturated heterocycles. The van der Waals surface area contributed by atoms with Crippen molar-refractivity contribution in [2.45, 2.75) is 0 Å². The lowest BCUT2D eigenvalue weighted by Gasteiger charge is -2.08. The average Bonchev–Trinajstić information content (AvgIpc) is 3.16. The Hall–Kier alpha value is -3.34. The Labute approximate surface area is 139 Å². The fourth-order valence-electron chi connectivity index (χ4n) is 2.34. The Kier molecular flexibility index (Phi) is 4.43. The van der Waals surface area contributed by atoms with Crippen molar-refractivity contribution >= 4 is 17.6 Å². The molecule has 120 valence electrons. The lowest BCUT2D eigenvalue weighted by Crippen LogP contribution is -2.12. The number of rotatable bonds is 4. The molecular formula is C19H16N2O3. The molecule has 5 nitrogen and oxygen atoms in total. The van der Waals surface area contributed by atoms with Crippen LogP contribution >= 0.6 is 0 Å². The Balaban J connectivity index is 1.74. The van der Waals surface area contributed by atoms with Crippen LogP contribution in [0.1, 0.15) is 20.7 Å². The van der Waals surface area contributed by atoms with Gasteiger partial charge < -0.3 is 14.6 Å². The number of carbonyl (C=O) groups is 2. The number of nitrogens with zero attached hydrogens (tertiary/aromatic N) is 1. The first-order valence-corrected chi connectivity index (χ1v) is 7.40. The van der Waals surface area contributed by atoms with E-state index in [1.807, 2.05) is 41.2 Å². The van der Waals surface area contributed by atoms with Gasteiger partial charge in [-0.1, -0.05) is 6.07 Å². The molecule has 0 aliphatic rings. The zero-order valence-corrected chi connectivity index (χ0v) is 13.1. The van der Waals surface area contributed by atoms with Crippen LogP contribution in [0.2, 0.25) is 0 Å². The third kappa shape index (κ3) is 3.35. The zero-order chi connectivity index (χ0) is 16.9. The molecule has 0 unspecified atom stereocenters. The van der Waals surface area contributed by atoms with Gasteiger partial charge in [0.25, 0.3) is 5.91 Å². The molecule has 1 amide bonds. The summed E-state index contributed by atoms with van der Waals surface area (Å²) in [7, 11) is 1.32. The van der Waals surface area contributed by atoms with Crippen LogP contribution < -0.4 is 5.32 Å². The van der Waals surface area contributed by atoms with E-state index >= 15 is 0 Å². The molecule has 0 aliphatic carbocycles. The third-order valence-electron chi connectivity index (χ3n) is 3.57. The highest BCUT2D eigenvalue weighted by molar-refractivity contribution is 6.05. The summed E-state index contributed by atoms with van der Waals surface area (Å²) in [5.41, 5.74) is 2.44. The van der Waals surface area contributed by atoms with Crippen LogP contribution in [0, 0.1) is 0 Å². The quantitative estimate of drug-likeness (QED) is 0.748. The van der Waals surface area contributed by atoms with Crippen molar-refractivity contribution in [3.05, 3.63) is 84.2 Å². The summed E-state index contributed by atoms with van der Waals surface area (Å²) in [6, 6.07) is 17.8. The number of ether oxygens (including phenoxy) is 1. The Bertz CT molecular complexity index is 853. The summed E-state index contributed by atoms with van der Waals surface area (Å²) in [6.45, 7) is 0. The summed E-state index contributed by atoms with van der Waals surface area (Å²) >= 11 is 0. The van der Waals surface area contributed by atoms with E-state index in [-0.39, 0.29) is 5.91 Å². The van der Waals surface area contributed by atoms with E-state index in [0.717, 1.165) is 5.69 Å². The Morgan fingerprint density at radius 3 is 2.29 bits per heavy atom. The van der Waals surface area contributed by atoms with E-state index in [2.05, 4.69) is 10.1 Å². The van der Waals surface area contributed by atoms with Crippen LogP contribution in [0.4, 0.5) is 5.69 Å². The maximum absolute atomic E-state index is 12.3. The fraction of sp³-hybridized carbons (Fsp3) is 0.0526. The monoisotopic (exact) mass is 320 g/mol. The van der Waals surface area contributed by atoms with Crippen molar-refractivity contribution in [2.75, 3.05) is 12.4 Å². The van der Waals surface area contributed by atoms with Gasteiger partial charge in [-0.05, 0) is 54.6 Å². The molecular weight excluding hydrogens is 304 g/mol. The van der Waals surface area contributed by atoms with Crippen LogP contribution in [-0.2, 0) is 4.74 Å². The molecule has 2 aromatic carbocycles. The molecule has 1 aromatic heterocycles. The minimum atomic E-state index is -0.442. The van der Waals surface area contributed by atoms with E-state index in [0.29, 0.717) is 16.8 Å². The Morgan fingerprint density at radius 1 is 0.917 bits per heavy atom. The lowest BCUT2D eigenvalue weighted by atomic mass is 10.1. The highest BCUT2D eigenvalue weighted by atomic mass is 16.5. The van der Waals surface area contributed by atoms with Gasteiger partial charge in [-0.2, -0.15) is 0 Å². The lowest BCUT2D eigenvalue weighted by molar-refractivity contribution is 0.0600. The van der Waals surface area contributed by atoms with Gasteiger partial charge in [-0.3, -0.25) is 4.79 Å². The average molecular weight is 320 g/mol. The molecule has 1 N–H and O–H groups in total. The SMILES string of the molecule is COC(=O)c1cccc(NC(=O)c2ccc(-n3cccc3)cc2)c1. The zero-order valence-electron chi connectivity index (χ0n) is 13.1. The number of anilines is 1. The number of amides is 1. The number of esters is 1. The topological polar surface area (TPSA) is 60.3 Å². The van der Waals surface area contributed by atoms with E-state index in [1.165, 1.54) is 7.11 Å².